The van der Waals surface area contributed by atoms with Crippen LogP contribution in [0.5, 0.6) is 0 Å². The molecule has 2 N–H and O–H groups in total. The van der Waals surface area contributed by atoms with Crippen molar-refractivity contribution in [2.24, 2.45) is 5.73 Å². The van der Waals surface area contributed by atoms with Crippen molar-refractivity contribution in [3.63, 3.8) is 0 Å². The molecule has 1 aliphatic rings. The third-order valence-electron chi connectivity index (χ3n) is 3.40. The molecule has 2 heterocycles. The number of nitrogens with zero attached hydrogens (tertiary/aromatic N) is 2. The third kappa shape index (κ3) is 1.50. The predicted molar refractivity (Wildman–Crippen MR) is 67.8 cm³/mol. The average molecular weight is 251 g/mol. The molecule has 16 heavy (non-hydrogen) atoms. The van der Waals surface area contributed by atoms with Crippen LogP contribution in [0.25, 0.3) is 10.7 Å². The molecule has 84 valence electrons. The summed E-state index contributed by atoms with van der Waals surface area (Å²) < 4.78 is 0. The summed E-state index contributed by atoms with van der Waals surface area (Å²) in [5.74, 6) is 0. The molecule has 0 saturated heterocycles. The van der Waals surface area contributed by atoms with E-state index in [1.54, 1.807) is 22.7 Å². The van der Waals surface area contributed by atoms with Crippen molar-refractivity contribution in [1.82, 2.24) is 9.97 Å². The fourth-order valence-corrected chi connectivity index (χ4v) is 3.64. The van der Waals surface area contributed by atoms with Crippen LogP contribution in [0, 0.1) is 0 Å². The minimum atomic E-state index is 0.171. The van der Waals surface area contributed by atoms with E-state index < -0.39 is 0 Å². The fourth-order valence-electron chi connectivity index (χ4n) is 2.12. The van der Waals surface area contributed by atoms with Gasteiger partial charge in [-0.1, -0.05) is 6.42 Å². The maximum Gasteiger partial charge on any atom is 0.143 e. The van der Waals surface area contributed by atoms with Crippen LogP contribution in [-0.4, -0.2) is 16.5 Å². The second kappa shape index (κ2) is 3.91. The Labute approximate surface area is 102 Å². The molecule has 0 aliphatic heterocycles. The molecule has 0 atom stereocenters. The maximum atomic E-state index is 5.88. The van der Waals surface area contributed by atoms with Gasteiger partial charge in [0.2, 0.25) is 0 Å². The Bertz CT molecular complexity index is 466. The van der Waals surface area contributed by atoms with Crippen molar-refractivity contribution in [2.45, 2.75) is 24.7 Å². The highest BCUT2D eigenvalue weighted by molar-refractivity contribution is 7.13. The van der Waals surface area contributed by atoms with Crippen molar-refractivity contribution in [2.75, 3.05) is 6.54 Å². The lowest BCUT2D eigenvalue weighted by Gasteiger charge is -2.39. The summed E-state index contributed by atoms with van der Waals surface area (Å²) in [5.41, 5.74) is 10.1. The van der Waals surface area contributed by atoms with E-state index in [0.29, 0.717) is 6.54 Å². The molecule has 2 aromatic heterocycles. The molecule has 3 nitrogen and oxygen atoms in total. The minimum absolute atomic E-state index is 0.171. The molecule has 0 unspecified atom stereocenters. The number of nitrogens with two attached hydrogens (primary N) is 1. The van der Waals surface area contributed by atoms with Crippen molar-refractivity contribution < 1.29 is 0 Å². The van der Waals surface area contributed by atoms with E-state index in [0.717, 1.165) is 10.7 Å². The summed E-state index contributed by atoms with van der Waals surface area (Å²) in [6, 6.07) is 0. The van der Waals surface area contributed by atoms with Crippen molar-refractivity contribution >= 4 is 22.7 Å². The highest BCUT2D eigenvalue weighted by Gasteiger charge is 2.39. The zero-order chi connectivity index (χ0) is 11.0. The molecule has 3 rings (SSSR count). The van der Waals surface area contributed by atoms with Crippen LogP contribution in [0.15, 0.2) is 16.3 Å². The average Bonchev–Trinajstić information content (AvgIpc) is 2.86. The van der Waals surface area contributed by atoms with Crippen LogP contribution in [0.1, 0.15) is 25.0 Å². The molecule has 0 spiro atoms. The summed E-state index contributed by atoms with van der Waals surface area (Å²) in [7, 11) is 0. The normalized spacial score (nSPS) is 18.3. The van der Waals surface area contributed by atoms with Gasteiger partial charge in [0.1, 0.15) is 10.7 Å². The molecule has 0 radical (unpaired) electrons. The Balaban J connectivity index is 1.93. The zero-order valence-electron chi connectivity index (χ0n) is 8.85. The molecule has 1 saturated carbocycles. The minimum Gasteiger partial charge on any atom is -0.330 e. The maximum absolute atomic E-state index is 5.88. The van der Waals surface area contributed by atoms with E-state index in [1.807, 2.05) is 10.9 Å². The Kier molecular flexibility index (Phi) is 2.53. The smallest absolute Gasteiger partial charge is 0.143 e. The third-order valence-corrected chi connectivity index (χ3v) is 4.85. The molecule has 2 aromatic rings. The topological polar surface area (TPSA) is 51.8 Å². The Morgan fingerprint density at radius 3 is 2.81 bits per heavy atom. The molecule has 0 bridgehead atoms. The van der Waals surface area contributed by atoms with E-state index in [9.17, 15) is 0 Å². The van der Waals surface area contributed by atoms with Gasteiger partial charge in [0.05, 0.1) is 11.2 Å². The summed E-state index contributed by atoms with van der Waals surface area (Å²) in [4.78, 5) is 8.99. The SMILES string of the molecule is NCC1(c2csc(-c3cscn3)n2)CCC1. The molecule has 0 amide bonds. The quantitative estimate of drug-likeness (QED) is 0.912. The standard InChI is InChI=1S/C11H13N3S2/c12-6-11(2-1-3-11)9-5-16-10(14-9)8-4-15-7-13-8/h4-5,7H,1-3,6,12H2. The highest BCUT2D eigenvalue weighted by Crippen LogP contribution is 2.43. The monoisotopic (exact) mass is 251 g/mol. The van der Waals surface area contributed by atoms with Crippen molar-refractivity contribution in [1.29, 1.82) is 0 Å². The van der Waals surface area contributed by atoms with Crippen LogP contribution in [0.2, 0.25) is 0 Å². The van der Waals surface area contributed by atoms with E-state index in [-0.39, 0.29) is 5.41 Å². The summed E-state index contributed by atoms with van der Waals surface area (Å²) >= 11 is 3.28. The Hall–Kier alpha value is -0.780. The molecule has 5 heteroatoms. The molecular weight excluding hydrogens is 238 g/mol. The number of thiazole rings is 2. The number of aromatic nitrogens is 2. The van der Waals surface area contributed by atoms with Crippen LogP contribution >= 0.6 is 22.7 Å². The second-order valence-corrected chi connectivity index (χ2v) is 5.83. The van der Waals surface area contributed by atoms with Crippen LogP contribution in [0.4, 0.5) is 0 Å². The van der Waals surface area contributed by atoms with Gasteiger partial charge in [-0.3, -0.25) is 0 Å². The molecule has 1 aliphatic carbocycles. The lowest BCUT2D eigenvalue weighted by Crippen LogP contribution is -2.41. The highest BCUT2D eigenvalue weighted by atomic mass is 32.1. The van der Waals surface area contributed by atoms with Crippen molar-refractivity contribution in [3.05, 3.63) is 22.0 Å². The van der Waals surface area contributed by atoms with E-state index in [2.05, 4.69) is 10.4 Å². The van der Waals surface area contributed by atoms with E-state index >= 15 is 0 Å². The first kappa shape index (κ1) is 10.4. The van der Waals surface area contributed by atoms with Gasteiger partial charge in [-0.05, 0) is 12.8 Å². The Morgan fingerprint density at radius 2 is 2.25 bits per heavy atom. The lowest BCUT2D eigenvalue weighted by molar-refractivity contribution is 0.247. The van der Waals surface area contributed by atoms with Crippen molar-refractivity contribution in [3.8, 4) is 10.7 Å². The van der Waals surface area contributed by atoms with Gasteiger partial charge in [-0.2, -0.15) is 0 Å². The fraction of sp³-hybridized carbons (Fsp3) is 0.455. The van der Waals surface area contributed by atoms with Crippen LogP contribution < -0.4 is 5.73 Å². The lowest BCUT2D eigenvalue weighted by atomic mass is 9.67. The number of hydrogen-bond acceptors (Lipinski definition) is 5. The van der Waals surface area contributed by atoms with Gasteiger partial charge in [-0.25, -0.2) is 9.97 Å². The summed E-state index contributed by atoms with van der Waals surface area (Å²) in [6.07, 6.45) is 3.65. The van der Waals surface area contributed by atoms with Gasteiger partial charge >= 0.3 is 0 Å². The predicted octanol–water partition coefficient (Wildman–Crippen LogP) is 2.65. The largest absolute Gasteiger partial charge is 0.330 e. The summed E-state index contributed by atoms with van der Waals surface area (Å²) in [5, 5.41) is 5.22. The molecule has 0 aromatic carbocycles. The number of hydrogen-bond donors (Lipinski definition) is 1. The molecule has 1 fully saturated rings. The van der Waals surface area contributed by atoms with Gasteiger partial charge in [-0.15, -0.1) is 22.7 Å². The first-order chi connectivity index (χ1) is 7.84. The second-order valence-electron chi connectivity index (χ2n) is 4.25. The zero-order valence-corrected chi connectivity index (χ0v) is 10.5. The first-order valence-corrected chi connectivity index (χ1v) is 7.21. The van der Waals surface area contributed by atoms with Crippen LogP contribution in [0.3, 0.4) is 0 Å². The molecular formula is C11H13N3S2. The van der Waals surface area contributed by atoms with E-state index in [4.69, 9.17) is 10.7 Å². The summed E-state index contributed by atoms with van der Waals surface area (Å²) in [6.45, 7) is 0.716. The van der Waals surface area contributed by atoms with E-state index in [1.165, 1.54) is 25.0 Å². The van der Waals surface area contributed by atoms with Gasteiger partial charge < -0.3 is 5.73 Å². The van der Waals surface area contributed by atoms with Gasteiger partial charge in [0, 0.05) is 22.7 Å². The Morgan fingerprint density at radius 1 is 1.38 bits per heavy atom. The van der Waals surface area contributed by atoms with Crippen LogP contribution in [-0.2, 0) is 5.41 Å². The first-order valence-electron chi connectivity index (χ1n) is 5.39. The number of rotatable bonds is 3. The van der Waals surface area contributed by atoms with Gasteiger partial charge in [0.15, 0.2) is 0 Å². The van der Waals surface area contributed by atoms with Gasteiger partial charge in [0.25, 0.3) is 0 Å².